The van der Waals surface area contributed by atoms with Gasteiger partial charge < -0.3 is 0 Å². The molecule has 0 atom stereocenters. The highest BCUT2D eigenvalue weighted by atomic mass is 35.5. The average Bonchev–Trinajstić information content (AvgIpc) is 2.29. The molecule has 0 saturated heterocycles. The lowest BCUT2D eigenvalue weighted by atomic mass is 10.1. The summed E-state index contributed by atoms with van der Waals surface area (Å²) in [5, 5.41) is 0.629. The molecule has 2 aromatic rings. The van der Waals surface area contributed by atoms with Crippen molar-refractivity contribution in [3.63, 3.8) is 0 Å². The second-order valence-corrected chi connectivity index (χ2v) is 3.65. The van der Waals surface area contributed by atoms with Crippen LogP contribution >= 0.6 is 11.6 Å². The van der Waals surface area contributed by atoms with Gasteiger partial charge in [-0.15, -0.1) is 6.42 Å². The quantitative estimate of drug-likeness (QED) is 0.706. The first-order valence-electron chi connectivity index (χ1n) is 4.62. The van der Waals surface area contributed by atoms with E-state index in [0.717, 1.165) is 16.8 Å². The molecule has 0 amide bonds. The first kappa shape index (κ1) is 10.6. The Labute approximate surface area is 98.5 Å². The fourth-order valence-electron chi connectivity index (χ4n) is 1.28. The van der Waals surface area contributed by atoms with Gasteiger partial charge in [0, 0.05) is 35.4 Å². The maximum atomic E-state index is 6.10. The predicted molar refractivity (Wildman–Crippen MR) is 62.9 cm³/mol. The van der Waals surface area contributed by atoms with Gasteiger partial charge in [-0.05, 0) is 18.9 Å². The van der Waals surface area contributed by atoms with Crippen molar-refractivity contribution in [1.82, 2.24) is 15.0 Å². The molecule has 0 aliphatic heterocycles. The summed E-state index contributed by atoms with van der Waals surface area (Å²) < 4.78 is 0. The van der Waals surface area contributed by atoms with Crippen molar-refractivity contribution in [3.8, 4) is 23.5 Å². The number of terminal acetylenes is 1. The zero-order valence-electron chi connectivity index (χ0n) is 8.61. The summed E-state index contributed by atoms with van der Waals surface area (Å²) in [5.74, 6) is 2.72. The summed E-state index contributed by atoms with van der Waals surface area (Å²) in [4.78, 5) is 12.2. The monoisotopic (exact) mass is 229 g/mol. The SMILES string of the molecule is C#Cc1ncc(-c2cnc(C)cc2Cl)cn1. The van der Waals surface area contributed by atoms with E-state index in [2.05, 4.69) is 20.9 Å². The van der Waals surface area contributed by atoms with Crippen molar-refractivity contribution in [3.05, 3.63) is 41.2 Å². The molecular weight excluding hydrogens is 222 g/mol. The molecule has 2 rings (SSSR count). The molecule has 0 bridgehead atoms. The zero-order chi connectivity index (χ0) is 11.5. The third kappa shape index (κ3) is 2.02. The van der Waals surface area contributed by atoms with E-state index < -0.39 is 0 Å². The number of aryl methyl sites for hydroxylation is 1. The molecule has 0 aromatic carbocycles. The first-order chi connectivity index (χ1) is 7.70. The van der Waals surface area contributed by atoms with Gasteiger partial charge in [-0.25, -0.2) is 9.97 Å². The van der Waals surface area contributed by atoms with Crippen LogP contribution in [-0.2, 0) is 0 Å². The number of rotatable bonds is 1. The Balaban J connectivity index is 2.47. The van der Waals surface area contributed by atoms with Crippen LogP contribution in [0.15, 0.2) is 24.7 Å². The molecule has 3 nitrogen and oxygen atoms in total. The number of hydrogen-bond donors (Lipinski definition) is 0. The Morgan fingerprint density at radius 3 is 2.44 bits per heavy atom. The number of nitrogens with zero attached hydrogens (tertiary/aromatic N) is 3. The Bertz CT molecular complexity index is 555. The molecule has 2 aromatic heterocycles. The predicted octanol–water partition coefficient (Wildman–Crippen LogP) is 2.48. The third-order valence-electron chi connectivity index (χ3n) is 2.08. The van der Waals surface area contributed by atoms with Gasteiger partial charge in [-0.1, -0.05) is 11.6 Å². The number of aromatic nitrogens is 3. The molecule has 0 N–H and O–H groups in total. The highest BCUT2D eigenvalue weighted by molar-refractivity contribution is 6.33. The summed E-state index contributed by atoms with van der Waals surface area (Å²) in [7, 11) is 0. The van der Waals surface area contributed by atoms with Gasteiger partial charge in [0.2, 0.25) is 5.82 Å². The molecule has 16 heavy (non-hydrogen) atoms. The minimum absolute atomic E-state index is 0.361. The molecular formula is C12H8ClN3. The summed E-state index contributed by atoms with van der Waals surface area (Å²) in [6.45, 7) is 1.88. The number of hydrogen-bond acceptors (Lipinski definition) is 3. The van der Waals surface area contributed by atoms with Gasteiger partial charge in [0.15, 0.2) is 0 Å². The summed E-state index contributed by atoms with van der Waals surface area (Å²) in [6, 6.07) is 1.80. The molecule has 4 heteroatoms. The Morgan fingerprint density at radius 1 is 1.19 bits per heavy atom. The fourth-order valence-corrected chi connectivity index (χ4v) is 1.60. The maximum absolute atomic E-state index is 6.10. The molecule has 0 aliphatic carbocycles. The standard InChI is InChI=1S/C12H8ClN3/c1-3-12-15-5-9(6-16-12)10-7-14-8(2)4-11(10)13/h1,4-7H,2H3. The second kappa shape index (κ2) is 4.30. The minimum Gasteiger partial charge on any atom is -0.261 e. The third-order valence-corrected chi connectivity index (χ3v) is 2.39. The van der Waals surface area contributed by atoms with E-state index in [-0.39, 0.29) is 0 Å². The van der Waals surface area contributed by atoms with Gasteiger partial charge in [0.05, 0.1) is 5.02 Å². The topological polar surface area (TPSA) is 38.7 Å². The first-order valence-corrected chi connectivity index (χ1v) is 4.99. The van der Waals surface area contributed by atoms with E-state index in [4.69, 9.17) is 18.0 Å². The lowest BCUT2D eigenvalue weighted by Gasteiger charge is -2.03. The normalized spacial score (nSPS) is 9.81. The highest BCUT2D eigenvalue weighted by Gasteiger charge is 2.05. The fraction of sp³-hybridized carbons (Fsp3) is 0.0833. The van der Waals surface area contributed by atoms with Gasteiger partial charge in [0.25, 0.3) is 0 Å². The molecule has 2 heterocycles. The second-order valence-electron chi connectivity index (χ2n) is 3.25. The van der Waals surface area contributed by atoms with E-state index in [9.17, 15) is 0 Å². The van der Waals surface area contributed by atoms with Crippen molar-refractivity contribution < 1.29 is 0 Å². The van der Waals surface area contributed by atoms with Crippen molar-refractivity contribution in [2.24, 2.45) is 0 Å². The van der Waals surface area contributed by atoms with Crippen molar-refractivity contribution in [2.75, 3.05) is 0 Å². The van der Waals surface area contributed by atoms with Crippen LogP contribution in [0.1, 0.15) is 11.5 Å². The number of halogens is 1. The molecule has 0 radical (unpaired) electrons. The highest BCUT2D eigenvalue weighted by Crippen LogP contribution is 2.26. The lowest BCUT2D eigenvalue weighted by Crippen LogP contribution is -1.91. The van der Waals surface area contributed by atoms with Crippen LogP contribution in [0.4, 0.5) is 0 Å². The van der Waals surface area contributed by atoms with Gasteiger partial charge in [0.1, 0.15) is 0 Å². The Kier molecular flexibility index (Phi) is 2.84. The number of pyridine rings is 1. The summed E-state index contributed by atoms with van der Waals surface area (Å²) >= 11 is 6.10. The average molecular weight is 230 g/mol. The molecule has 0 aliphatic rings. The smallest absolute Gasteiger partial charge is 0.204 e. The Morgan fingerprint density at radius 2 is 1.88 bits per heavy atom. The van der Waals surface area contributed by atoms with E-state index in [1.54, 1.807) is 24.7 Å². The largest absolute Gasteiger partial charge is 0.261 e. The van der Waals surface area contributed by atoms with Crippen LogP contribution in [0, 0.1) is 19.3 Å². The van der Waals surface area contributed by atoms with Crippen molar-refractivity contribution in [2.45, 2.75) is 6.92 Å². The van der Waals surface area contributed by atoms with E-state index in [0.29, 0.717) is 10.8 Å². The lowest BCUT2D eigenvalue weighted by molar-refractivity contribution is 1.12. The zero-order valence-corrected chi connectivity index (χ0v) is 9.36. The molecule has 0 unspecified atom stereocenters. The van der Waals surface area contributed by atoms with Crippen LogP contribution in [0.2, 0.25) is 5.02 Å². The van der Waals surface area contributed by atoms with E-state index >= 15 is 0 Å². The van der Waals surface area contributed by atoms with Crippen molar-refractivity contribution in [1.29, 1.82) is 0 Å². The molecule has 78 valence electrons. The molecule has 0 saturated carbocycles. The van der Waals surface area contributed by atoms with Crippen LogP contribution in [0.5, 0.6) is 0 Å². The van der Waals surface area contributed by atoms with Crippen LogP contribution in [-0.4, -0.2) is 15.0 Å². The summed E-state index contributed by atoms with van der Waals surface area (Å²) in [5.41, 5.74) is 2.47. The van der Waals surface area contributed by atoms with Crippen LogP contribution < -0.4 is 0 Å². The van der Waals surface area contributed by atoms with Crippen LogP contribution in [0.3, 0.4) is 0 Å². The van der Waals surface area contributed by atoms with Crippen molar-refractivity contribution >= 4 is 11.6 Å². The van der Waals surface area contributed by atoms with Gasteiger partial charge in [-0.3, -0.25) is 4.98 Å². The van der Waals surface area contributed by atoms with Gasteiger partial charge >= 0.3 is 0 Å². The van der Waals surface area contributed by atoms with Gasteiger partial charge in [-0.2, -0.15) is 0 Å². The van der Waals surface area contributed by atoms with E-state index in [1.807, 2.05) is 6.92 Å². The Hall–Kier alpha value is -1.92. The maximum Gasteiger partial charge on any atom is 0.204 e. The minimum atomic E-state index is 0.361. The molecule has 0 fully saturated rings. The summed E-state index contributed by atoms with van der Waals surface area (Å²) in [6.07, 6.45) is 10.2. The van der Waals surface area contributed by atoms with Crippen LogP contribution in [0.25, 0.3) is 11.1 Å². The van der Waals surface area contributed by atoms with E-state index in [1.165, 1.54) is 0 Å². The molecule has 0 spiro atoms.